The molecule has 35 heavy (non-hydrogen) atoms. The van der Waals surface area contributed by atoms with Crippen molar-refractivity contribution in [2.24, 2.45) is 11.0 Å². The van der Waals surface area contributed by atoms with Crippen molar-refractivity contribution in [2.45, 2.75) is 43.9 Å². The number of carbonyl (C=O) groups is 1. The van der Waals surface area contributed by atoms with Crippen LogP contribution in [-0.4, -0.2) is 48.0 Å². The van der Waals surface area contributed by atoms with E-state index in [1.165, 1.54) is 7.11 Å². The highest BCUT2D eigenvalue weighted by Crippen LogP contribution is 2.38. The monoisotopic (exact) mass is 474 g/mol. The SMILES string of the molecule is COC(=O)[C@H](Cc1ccc(N=[N+]=[N-])cc1)N1CC(/C=C/[C@@H](O)Cc2ccccc2)=C[C@@H](C2CC2)O1. The summed E-state index contributed by atoms with van der Waals surface area (Å²) in [6, 6.07) is 16.3. The van der Waals surface area contributed by atoms with Gasteiger partial charge in [0.1, 0.15) is 12.1 Å². The summed E-state index contributed by atoms with van der Waals surface area (Å²) in [6.45, 7) is 0.397. The number of benzene rings is 2. The zero-order valence-electron chi connectivity index (χ0n) is 19.7. The first-order valence-electron chi connectivity index (χ1n) is 11.8. The van der Waals surface area contributed by atoms with Crippen LogP contribution >= 0.6 is 0 Å². The lowest BCUT2D eigenvalue weighted by atomic mass is 10.0. The first-order chi connectivity index (χ1) is 17.1. The van der Waals surface area contributed by atoms with E-state index in [0.717, 1.165) is 29.5 Å². The third kappa shape index (κ3) is 7.04. The van der Waals surface area contributed by atoms with Crippen LogP contribution in [0.5, 0.6) is 0 Å². The molecule has 2 aliphatic rings. The number of ether oxygens (including phenoxy) is 1. The van der Waals surface area contributed by atoms with Crippen molar-refractivity contribution < 1.29 is 19.5 Å². The molecule has 2 aromatic rings. The number of aliphatic hydroxyl groups excluding tert-OH is 1. The summed E-state index contributed by atoms with van der Waals surface area (Å²) in [5, 5.41) is 15.8. The summed E-state index contributed by atoms with van der Waals surface area (Å²) < 4.78 is 5.11. The van der Waals surface area contributed by atoms with Gasteiger partial charge in [0.25, 0.3) is 0 Å². The standard InChI is InChI=1S/C27H30N4O4/c1-34-27(33)25(16-20-7-12-23(13-8-20)29-30-28)31-18-21(17-26(35-31)22-10-11-22)9-14-24(32)15-19-5-3-2-4-6-19/h2-9,12-14,17,22,24-26,32H,10-11,15-16,18H2,1H3/b14-9+/t24-,25+,26+/m1/s1. The fourth-order valence-electron chi connectivity index (χ4n) is 4.18. The quantitative estimate of drug-likeness (QED) is 0.230. The molecule has 1 N–H and O–H groups in total. The summed E-state index contributed by atoms with van der Waals surface area (Å²) >= 11 is 0. The lowest BCUT2D eigenvalue weighted by Crippen LogP contribution is -2.48. The molecular formula is C27H30N4O4. The van der Waals surface area contributed by atoms with Gasteiger partial charge in [0.15, 0.2) is 0 Å². The average Bonchev–Trinajstić information content (AvgIpc) is 3.73. The van der Waals surface area contributed by atoms with Crippen LogP contribution in [0.15, 0.2) is 83.5 Å². The Hall–Kier alpha value is -3.42. The Labute approximate surface area is 205 Å². The molecule has 0 aromatic heterocycles. The number of azide groups is 1. The second-order valence-electron chi connectivity index (χ2n) is 8.94. The summed E-state index contributed by atoms with van der Waals surface area (Å²) in [6.07, 6.45) is 8.20. The number of hydroxylamine groups is 2. The summed E-state index contributed by atoms with van der Waals surface area (Å²) in [5.74, 6) is 0.0462. The van der Waals surface area contributed by atoms with Crippen LogP contribution < -0.4 is 0 Å². The van der Waals surface area contributed by atoms with Gasteiger partial charge in [-0.15, -0.1) is 0 Å². The van der Waals surface area contributed by atoms with Crippen LogP contribution in [0.3, 0.4) is 0 Å². The predicted molar refractivity (Wildman–Crippen MR) is 132 cm³/mol. The number of nitrogens with zero attached hydrogens (tertiary/aromatic N) is 4. The third-order valence-corrected chi connectivity index (χ3v) is 6.23. The predicted octanol–water partition coefficient (Wildman–Crippen LogP) is 4.82. The van der Waals surface area contributed by atoms with E-state index in [1.54, 1.807) is 23.3 Å². The van der Waals surface area contributed by atoms with E-state index in [1.807, 2.05) is 48.5 Å². The van der Waals surface area contributed by atoms with Gasteiger partial charge in [-0.1, -0.05) is 71.9 Å². The fourth-order valence-corrected chi connectivity index (χ4v) is 4.18. The lowest BCUT2D eigenvalue weighted by Gasteiger charge is -2.35. The molecular weight excluding hydrogens is 444 g/mol. The van der Waals surface area contributed by atoms with E-state index in [-0.39, 0.29) is 12.1 Å². The van der Waals surface area contributed by atoms with Crippen LogP contribution in [-0.2, 0) is 27.2 Å². The van der Waals surface area contributed by atoms with E-state index in [2.05, 4.69) is 16.1 Å². The lowest BCUT2D eigenvalue weighted by molar-refractivity contribution is -0.222. The Morgan fingerprint density at radius 2 is 1.91 bits per heavy atom. The van der Waals surface area contributed by atoms with Crippen LogP contribution in [0.25, 0.3) is 10.4 Å². The molecule has 4 rings (SSSR count). The number of hydrogen-bond donors (Lipinski definition) is 1. The minimum atomic E-state index is -0.641. The van der Waals surface area contributed by atoms with Crippen molar-refractivity contribution >= 4 is 11.7 Å². The van der Waals surface area contributed by atoms with E-state index >= 15 is 0 Å². The third-order valence-electron chi connectivity index (χ3n) is 6.23. The molecule has 8 heteroatoms. The Balaban J connectivity index is 1.49. The number of rotatable bonds is 10. The van der Waals surface area contributed by atoms with Gasteiger partial charge in [0.2, 0.25) is 0 Å². The highest BCUT2D eigenvalue weighted by atomic mass is 16.7. The van der Waals surface area contributed by atoms with Crippen molar-refractivity contribution in [3.8, 4) is 0 Å². The highest BCUT2D eigenvalue weighted by Gasteiger charge is 2.38. The van der Waals surface area contributed by atoms with Gasteiger partial charge in [-0.25, -0.2) is 0 Å². The van der Waals surface area contributed by atoms with E-state index in [9.17, 15) is 9.90 Å². The number of hydrogen-bond acceptors (Lipinski definition) is 6. The minimum absolute atomic E-state index is 0.117. The van der Waals surface area contributed by atoms with Crippen molar-refractivity contribution in [2.75, 3.05) is 13.7 Å². The van der Waals surface area contributed by atoms with Gasteiger partial charge in [-0.05, 0) is 47.1 Å². The fraction of sp³-hybridized carbons (Fsp3) is 0.370. The summed E-state index contributed by atoms with van der Waals surface area (Å²) in [4.78, 5) is 21.8. The molecule has 182 valence electrons. The molecule has 0 radical (unpaired) electrons. The molecule has 1 aliphatic carbocycles. The Kier molecular flexibility index (Phi) is 8.34. The van der Waals surface area contributed by atoms with Gasteiger partial charge < -0.3 is 9.84 Å². The molecule has 1 fully saturated rings. The number of esters is 1. The largest absolute Gasteiger partial charge is 0.468 e. The van der Waals surface area contributed by atoms with Crippen LogP contribution in [0.4, 0.5) is 5.69 Å². The smallest absolute Gasteiger partial charge is 0.325 e. The highest BCUT2D eigenvalue weighted by molar-refractivity contribution is 5.76. The topological polar surface area (TPSA) is 108 Å². The van der Waals surface area contributed by atoms with E-state index < -0.39 is 12.1 Å². The summed E-state index contributed by atoms with van der Waals surface area (Å²) in [5.41, 5.74) is 12.1. The molecule has 3 atom stereocenters. The van der Waals surface area contributed by atoms with Gasteiger partial charge in [-0.2, -0.15) is 5.06 Å². The Bertz CT molecular complexity index is 1110. The van der Waals surface area contributed by atoms with Gasteiger partial charge in [0.05, 0.1) is 13.2 Å². The van der Waals surface area contributed by atoms with E-state index in [4.69, 9.17) is 15.1 Å². The maximum Gasteiger partial charge on any atom is 0.325 e. The first-order valence-corrected chi connectivity index (χ1v) is 11.8. The van der Waals surface area contributed by atoms with Crippen LogP contribution in [0.2, 0.25) is 0 Å². The Morgan fingerprint density at radius 3 is 2.57 bits per heavy atom. The van der Waals surface area contributed by atoms with Crippen molar-refractivity contribution in [1.29, 1.82) is 0 Å². The molecule has 0 spiro atoms. The van der Waals surface area contributed by atoms with Crippen molar-refractivity contribution in [3.05, 3.63) is 100.0 Å². The Morgan fingerprint density at radius 1 is 1.20 bits per heavy atom. The van der Waals surface area contributed by atoms with Gasteiger partial charge in [-0.3, -0.25) is 9.63 Å². The van der Waals surface area contributed by atoms with E-state index in [0.29, 0.717) is 31.0 Å². The number of carbonyl (C=O) groups excluding carboxylic acids is 1. The zero-order chi connectivity index (χ0) is 24.6. The number of aliphatic hydroxyl groups is 1. The molecule has 2 aromatic carbocycles. The maximum absolute atomic E-state index is 12.8. The second-order valence-corrected chi connectivity index (χ2v) is 8.94. The van der Waals surface area contributed by atoms with Gasteiger partial charge >= 0.3 is 5.97 Å². The van der Waals surface area contributed by atoms with Crippen molar-refractivity contribution in [3.63, 3.8) is 0 Å². The van der Waals surface area contributed by atoms with Crippen LogP contribution in [0, 0.1) is 5.92 Å². The molecule has 0 unspecified atom stereocenters. The minimum Gasteiger partial charge on any atom is -0.468 e. The molecule has 0 saturated heterocycles. The first kappa shape index (κ1) is 24.7. The van der Waals surface area contributed by atoms with Crippen molar-refractivity contribution in [1.82, 2.24) is 5.06 Å². The molecule has 8 nitrogen and oxygen atoms in total. The number of methoxy groups -OCH3 is 1. The maximum atomic E-state index is 12.8. The molecule has 0 bridgehead atoms. The molecule has 1 aliphatic heterocycles. The summed E-state index contributed by atoms with van der Waals surface area (Å²) in [7, 11) is 1.37. The molecule has 1 heterocycles. The second kappa shape index (κ2) is 11.8. The average molecular weight is 475 g/mol. The molecule has 1 saturated carbocycles. The van der Waals surface area contributed by atoms with Gasteiger partial charge in [0, 0.05) is 30.0 Å². The zero-order valence-corrected chi connectivity index (χ0v) is 19.7. The normalized spacial score (nSPS) is 20.1. The molecule has 0 amide bonds. The van der Waals surface area contributed by atoms with Crippen LogP contribution in [0.1, 0.15) is 24.0 Å².